The lowest BCUT2D eigenvalue weighted by atomic mass is 9.96. The Bertz CT molecular complexity index is 900. The van der Waals surface area contributed by atoms with Gasteiger partial charge in [-0.25, -0.2) is 0 Å². The number of rotatable bonds is 0. The van der Waals surface area contributed by atoms with Crippen molar-refractivity contribution < 1.29 is 0 Å². The molecule has 0 fully saturated rings. The Morgan fingerprint density at radius 2 is 1.40 bits per heavy atom. The van der Waals surface area contributed by atoms with Gasteiger partial charge in [0.1, 0.15) is 0 Å². The minimum atomic E-state index is 0. The van der Waals surface area contributed by atoms with Crippen LogP contribution in [0.4, 0.5) is 0 Å². The van der Waals surface area contributed by atoms with Crippen LogP contribution in [0.2, 0.25) is 0 Å². The lowest BCUT2D eigenvalue weighted by molar-refractivity contribution is 0.801. The fourth-order valence-electron chi connectivity index (χ4n) is 3.04. The van der Waals surface area contributed by atoms with Crippen LogP contribution in [-0.4, -0.2) is 0 Å². The average Bonchev–Trinajstić information content (AvgIpc) is 2.43. The standard InChI is InChI=1S/C19H16.CH4/c1-13-6-7-16-11-18-9-14-4-2-3-5-15(14)10-19(18)12-17(16)8-13;/h2-5,7-13H,6H2,1H3;1H4. The molecule has 0 N–H and O–H groups in total. The maximum absolute atomic E-state index is 2.39. The first kappa shape index (κ1) is 12.9. The van der Waals surface area contributed by atoms with E-state index in [1.807, 2.05) is 0 Å². The number of hydrogen-bond donors (Lipinski definition) is 0. The molecule has 0 saturated carbocycles. The summed E-state index contributed by atoms with van der Waals surface area (Å²) in [5, 5.41) is 8.11. The molecule has 0 heteroatoms. The number of hydrogen-bond acceptors (Lipinski definition) is 0. The van der Waals surface area contributed by atoms with Gasteiger partial charge in [0.15, 0.2) is 0 Å². The number of benzene rings is 3. The van der Waals surface area contributed by atoms with E-state index in [1.165, 1.54) is 32.0 Å². The molecule has 1 unspecified atom stereocenters. The molecular weight excluding hydrogens is 240 g/mol. The maximum Gasteiger partial charge on any atom is -0.0171 e. The summed E-state index contributed by atoms with van der Waals surface area (Å²) in [7, 11) is 0. The van der Waals surface area contributed by atoms with E-state index < -0.39 is 0 Å². The van der Waals surface area contributed by atoms with Gasteiger partial charge in [-0.15, -0.1) is 0 Å². The van der Waals surface area contributed by atoms with Crippen molar-refractivity contribution in [2.24, 2.45) is 5.92 Å². The van der Waals surface area contributed by atoms with Crippen LogP contribution < -0.4 is 10.4 Å². The smallest absolute Gasteiger partial charge is 0.0171 e. The minimum Gasteiger partial charge on any atom is -0.0776 e. The zero-order valence-corrected chi connectivity index (χ0v) is 11.1. The Balaban J connectivity index is 0.00000121. The van der Waals surface area contributed by atoms with Crippen LogP contribution in [0.1, 0.15) is 20.8 Å². The van der Waals surface area contributed by atoms with Crippen LogP contribution >= 0.6 is 0 Å². The third-order valence-electron chi connectivity index (χ3n) is 4.08. The number of fused-ring (bicyclic) bond motifs is 3. The molecule has 0 heterocycles. The summed E-state index contributed by atoms with van der Waals surface area (Å²) in [5.41, 5.74) is 0. The van der Waals surface area contributed by atoms with Crippen molar-refractivity contribution in [1.82, 2.24) is 0 Å². The van der Waals surface area contributed by atoms with Crippen LogP contribution in [0, 0.1) is 5.92 Å². The largest absolute Gasteiger partial charge is 0.0776 e. The molecule has 3 aromatic carbocycles. The van der Waals surface area contributed by atoms with Gasteiger partial charge in [-0.3, -0.25) is 0 Å². The first-order valence-electron chi connectivity index (χ1n) is 6.94. The van der Waals surface area contributed by atoms with Crippen LogP contribution in [0.15, 0.2) is 48.5 Å². The second-order valence-electron chi connectivity index (χ2n) is 5.61. The third kappa shape index (κ3) is 2.02. The molecule has 0 spiro atoms. The van der Waals surface area contributed by atoms with Crippen molar-refractivity contribution in [3.05, 3.63) is 59.0 Å². The molecule has 0 bridgehead atoms. The molecule has 1 aliphatic rings. The Morgan fingerprint density at radius 3 is 2.05 bits per heavy atom. The predicted octanol–water partition coefficient (Wildman–Crippen LogP) is 4.23. The van der Waals surface area contributed by atoms with Gasteiger partial charge < -0.3 is 0 Å². The Morgan fingerprint density at radius 1 is 0.800 bits per heavy atom. The Labute approximate surface area is 120 Å². The summed E-state index contributed by atoms with van der Waals surface area (Å²) in [6, 6.07) is 17.9. The van der Waals surface area contributed by atoms with Gasteiger partial charge in [0, 0.05) is 0 Å². The minimum absolute atomic E-state index is 0. The van der Waals surface area contributed by atoms with Gasteiger partial charge in [0.2, 0.25) is 0 Å². The van der Waals surface area contributed by atoms with Gasteiger partial charge in [0.25, 0.3) is 0 Å². The molecule has 0 aliphatic heterocycles. The van der Waals surface area contributed by atoms with Crippen molar-refractivity contribution in [3.63, 3.8) is 0 Å². The monoisotopic (exact) mass is 260 g/mol. The van der Waals surface area contributed by atoms with Crippen molar-refractivity contribution in [1.29, 1.82) is 0 Å². The third-order valence-corrected chi connectivity index (χ3v) is 4.08. The molecule has 0 saturated heterocycles. The molecule has 3 aromatic rings. The van der Waals surface area contributed by atoms with Crippen LogP contribution in [0.3, 0.4) is 0 Å². The van der Waals surface area contributed by atoms with E-state index in [0.717, 1.165) is 6.42 Å². The Hall–Kier alpha value is -2.08. The molecule has 0 radical (unpaired) electrons. The van der Waals surface area contributed by atoms with E-state index in [2.05, 4.69) is 67.6 Å². The van der Waals surface area contributed by atoms with Crippen molar-refractivity contribution in [3.8, 4) is 0 Å². The zero-order chi connectivity index (χ0) is 12.8. The highest BCUT2D eigenvalue weighted by atomic mass is 14.1. The average molecular weight is 260 g/mol. The SMILES string of the molecule is C.CC1C=c2cc3cc4ccccc4cc3cc2=CC1. The first-order valence-corrected chi connectivity index (χ1v) is 6.94. The second-order valence-corrected chi connectivity index (χ2v) is 5.61. The molecule has 0 amide bonds. The maximum atomic E-state index is 2.39. The molecule has 4 rings (SSSR count). The van der Waals surface area contributed by atoms with E-state index in [4.69, 9.17) is 0 Å². The van der Waals surface area contributed by atoms with Crippen LogP contribution in [0.5, 0.6) is 0 Å². The second kappa shape index (κ2) is 4.79. The van der Waals surface area contributed by atoms with Gasteiger partial charge in [0.05, 0.1) is 0 Å². The van der Waals surface area contributed by atoms with Gasteiger partial charge in [-0.2, -0.15) is 0 Å². The van der Waals surface area contributed by atoms with Gasteiger partial charge in [-0.1, -0.05) is 50.8 Å². The quantitative estimate of drug-likeness (QED) is 0.531. The van der Waals surface area contributed by atoms with E-state index in [0.29, 0.717) is 5.92 Å². The Kier molecular flexibility index (Phi) is 3.10. The summed E-state index contributed by atoms with van der Waals surface area (Å²) in [5.74, 6) is 0.658. The summed E-state index contributed by atoms with van der Waals surface area (Å²) in [4.78, 5) is 0. The predicted molar refractivity (Wildman–Crippen MR) is 90.1 cm³/mol. The van der Waals surface area contributed by atoms with Crippen molar-refractivity contribution in [2.75, 3.05) is 0 Å². The summed E-state index contributed by atoms with van der Waals surface area (Å²) >= 11 is 0. The highest BCUT2D eigenvalue weighted by Gasteiger charge is 2.03. The first-order chi connectivity index (χ1) is 9.29. The van der Waals surface area contributed by atoms with Crippen molar-refractivity contribution in [2.45, 2.75) is 20.8 Å². The molecule has 0 aromatic heterocycles. The van der Waals surface area contributed by atoms with Gasteiger partial charge >= 0.3 is 0 Å². The van der Waals surface area contributed by atoms with E-state index in [1.54, 1.807) is 0 Å². The molecule has 1 atom stereocenters. The zero-order valence-electron chi connectivity index (χ0n) is 11.1. The molecule has 20 heavy (non-hydrogen) atoms. The molecule has 1 aliphatic carbocycles. The highest BCUT2D eigenvalue weighted by molar-refractivity contribution is 5.98. The van der Waals surface area contributed by atoms with Crippen LogP contribution in [-0.2, 0) is 0 Å². The van der Waals surface area contributed by atoms with E-state index >= 15 is 0 Å². The van der Waals surface area contributed by atoms with Crippen molar-refractivity contribution >= 4 is 33.7 Å². The summed E-state index contributed by atoms with van der Waals surface area (Å²) in [6.07, 6.45) is 5.92. The molecular formula is C20H20. The topological polar surface area (TPSA) is 0 Å². The van der Waals surface area contributed by atoms with E-state index in [9.17, 15) is 0 Å². The fraction of sp³-hybridized carbons (Fsp3) is 0.200. The molecule has 0 nitrogen and oxygen atoms in total. The highest BCUT2D eigenvalue weighted by Crippen LogP contribution is 2.21. The van der Waals surface area contributed by atoms with E-state index in [-0.39, 0.29) is 7.43 Å². The summed E-state index contributed by atoms with van der Waals surface area (Å²) < 4.78 is 0. The lowest BCUT2D eigenvalue weighted by Gasteiger charge is -2.09. The molecule has 100 valence electrons. The van der Waals surface area contributed by atoms with Crippen LogP contribution in [0.25, 0.3) is 33.7 Å². The summed E-state index contributed by atoms with van der Waals surface area (Å²) in [6.45, 7) is 2.28. The normalized spacial score (nSPS) is 16.9. The lowest BCUT2D eigenvalue weighted by Crippen LogP contribution is -2.28. The van der Waals surface area contributed by atoms with Gasteiger partial charge in [-0.05, 0) is 68.6 Å². The fourth-order valence-corrected chi connectivity index (χ4v) is 3.04.